The molecule has 0 radical (unpaired) electrons. The molecule has 0 bridgehead atoms. The summed E-state index contributed by atoms with van der Waals surface area (Å²) in [5, 5.41) is 3.07. The number of furan rings is 2. The van der Waals surface area contributed by atoms with Gasteiger partial charge < -0.3 is 18.6 Å². The van der Waals surface area contributed by atoms with Gasteiger partial charge in [-0.05, 0) is 193 Å². The first-order valence-electron chi connectivity index (χ1n) is 29.6. The van der Waals surface area contributed by atoms with Crippen LogP contribution in [0.25, 0.3) is 122 Å². The molecule has 12 aromatic carbocycles. The molecule has 88 heavy (non-hydrogen) atoms. The summed E-state index contributed by atoms with van der Waals surface area (Å²) in [5.41, 5.74) is 25.8. The fraction of sp³-hybridized carbons (Fsp3) is 0. The molecule has 16 aromatic rings. The van der Waals surface area contributed by atoms with Gasteiger partial charge in [0.1, 0.15) is 16.7 Å². The van der Waals surface area contributed by atoms with E-state index in [9.17, 15) is 0 Å². The SMILES string of the molecule is c1ccc(-c2ccc(N(c3cc(-c4ccccc4)cc(-c4cccc(-c5cccc(-c6ccc(N(c7cc(-c8ccccc8)cc(-c8ccccc8)c7)c7ccc8c(c7)oc7cnccc78)cc6)c5)c4)c3)c3ccc4c(c3)oc3cccnc34)cc2)cc1. The van der Waals surface area contributed by atoms with Crippen LogP contribution in [-0.2, 0) is 0 Å². The van der Waals surface area contributed by atoms with E-state index in [1.807, 2.05) is 30.6 Å². The quantitative estimate of drug-likeness (QED) is 0.115. The maximum Gasteiger partial charge on any atom is 0.153 e. The Labute approximate surface area is 509 Å². The van der Waals surface area contributed by atoms with Gasteiger partial charge in [-0.25, -0.2) is 0 Å². The summed E-state index contributed by atoms with van der Waals surface area (Å²) < 4.78 is 12.9. The van der Waals surface area contributed by atoms with Crippen LogP contribution in [0.1, 0.15) is 0 Å². The highest BCUT2D eigenvalue weighted by atomic mass is 16.3. The third-order valence-corrected chi connectivity index (χ3v) is 16.7. The molecule has 0 aliphatic heterocycles. The first kappa shape index (κ1) is 51.8. The molecule has 0 unspecified atom stereocenters. The minimum absolute atomic E-state index is 0.763. The second-order valence-electron chi connectivity index (χ2n) is 22.2. The van der Waals surface area contributed by atoms with Crippen LogP contribution in [-0.4, -0.2) is 9.97 Å². The van der Waals surface area contributed by atoms with E-state index in [1.54, 1.807) is 6.20 Å². The van der Waals surface area contributed by atoms with Gasteiger partial charge in [-0.1, -0.05) is 182 Å². The Hall–Kier alpha value is -11.9. The van der Waals surface area contributed by atoms with Crippen molar-refractivity contribution >= 4 is 78.1 Å². The number of benzene rings is 12. The van der Waals surface area contributed by atoms with Gasteiger partial charge in [0.05, 0.1) is 6.20 Å². The van der Waals surface area contributed by atoms with Crippen LogP contribution in [0.4, 0.5) is 34.1 Å². The summed E-state index contributed by atoms with van der Waals surface area (Å²) in [6.45, 7) is 0. The molecule has 0 aliphatic rings. The Morgan fingerprint density at radius 2 is 0.580 bits per heavy atom. The maximum absolute atomic E-state index is 6.47. The molecule has 6 nitrogen and oxygen atoms in total. The topological polar surface area (TPSA) is 58.5 Å². The highest BCUT2D eigenvalue weighted by Gasteiger charge is 2.21. The summed E-state index contributed by atoms with van der Waals surface area (Å²) in [7, 11) is 0. The van der Waals surface area contributed by atoms with Gasteiger partial charge in [0.15, 0.2) is 11.2 Å². The minimum Gasteiger partial charge on any atom is -0.454 e. The van der Waals surface area contributed by atoms with Gasteiger partial charge in [0.25, 0.3) is 0 Å². The van der Waals surface area contributed by atoms with Crippen molar-refractivity contribution in [1.29, 1.82) is 0 Å². The van der Waals surface area contributed by atoms with Crippen molar-refractivity contribution < 1.29 is 8.83 Å². The summed E-state index contributed by atoms with van der Waals surface area (Å²) in [6, 6.07) is 111. The lowest BCUT2D eigenvalue weighted by Gasteiger charge is -2.27. The number of hydrogen-bond acceptors (Lipinski definition) is 6. The third-order valence-electron chi connectivity index (χ3n) is 16.7. The van der Waals surface area contributed by atoms with Crippen LogP contribution in [0.15, 0.2) is 337 Å². The molecule has 4 aromatic heterocycles. The van der Waals surface area contributed by atoms with Crippen LogP contribution in [0, 0.1) is 0 Å². The van der Waals surface area contributed by atoms with E-state index in [0.29, 0.717) is 0 Å². The van der Waals surface area contributed by atoms with Gasteiger partial charge >= 0.3 is 0 Å². The fourth-order valence-electron chi connectivity index (χ4n) is 12.4. The van der Waals surface area contributed by atoms with Crippen molar-refractivity contribution in [3.63, 3.8) is 0 Å². The first-order chi connectivity index (χ1) is 43.6. The molecular formula is C82H54N4O2. The minimum atomic E-state index is 0.763. The van der Waals surface area contributed by atoms with Gasteiger partial charge in [-0.2, -0.15) is 0 Å². The number of aromatic nitrogens is 2. The number of pyridine rings is 2. The lowest BCUT2D eigenvalue weighted by molar-refractivity contribution is 0.667. The zero-order valence-electron chi connectivity index (χ0n) is 47.8. The standard InChI is InChI=1S/C82H54N4O2/c1-5-16-55(17-6-1)59-29-33-69(34-30-59)86(72-38-40-77-80(53-72)87-78-28-15-42-84-82(77)78)74-50-67(58-22-11-4-12-23-58)47-68(51-74)64-27-14-26-63(45-64)62-25-13-24-61(44-62)60-31-35-70(36-32-60)85(71-37-39-75-76-41-43-83-54-81(76)88-79(75)52-71)73-48-65(56-18-7-2-8-19-56)46-66(49-73)57-20-9-3-10-21-57/h1-54H. The Bertz CT molecular complexity index is 5140. The smallest absolute Gasteiger partial charge is 0.153 e. The third kappa shape index (κ3) is 9.90. The van der Waals surface area contributed by atoms with E-state index in [0.717, 1.165) is 150 Å². The maximum atomic E-state index is 6.47. The zero-order valence-corrected chi connectivity index (χ0v) is 47.8. The molecule has 6 heteroatoms. The largest absolute Gasteiger partial charge is 0.454 e. The predicted molar refractivity (Wildman–Crippen MR) is 364 cm³/mol. The van der Waals surface area contributed by atoms with Crippen molar-refractivity contribution in [1.82, 2.24) is 9.97 Å². The highest BCUT2D eigenvalue weighted by Crippen LogP contribution is 2.45. The Kier molecular flexibility index (Phi) is 13.1. The summed E-state index contributed by atoms with van der Waals surface area (Å²) in [4.78, 5) is 13.7. The van der Waals surface area contributed by atoms with Crippen molar-refractivity contribution in [3.8, 4) is 77.9 Å². The predicted octanol–water partition coefficient (Wildman–Crippen LogP) is 22.9. The van der Waals surface area contributed by atoms with Crippen LogP contribution >= 0.6 is 0 Å². The number of fused-ring (bicyclic) bond motifs is 6. The van der Waals surface area contributed by atoms with Gasteiger partial charge in [-0.3, -0.25) is 9.97 Å². The number of rotatable bonds is 13. The molecule has 0 N–H and O–H groups in total. The van der Waals surface area contributed by atoms with Crippen molar-refractivity contribution in [2.75, 3.05) is 9.80 Å². The molecular weight excluding hydrogens is 1070 g/mol. The molecule has 4 heterocycles. The van der Waals surface area contributed by atoms with Crippen LogP contribution < -0.4 is 9.80 Å². The van der Waals surface area contributed by atoms with E-state index in [1.165, 1.54) is 5.56 Å². The van der Waals surface area contributed by atoms with Crippen molar-refractivity contribution in [2.24, 2.45) is 0 Å². The summed E-state index contributed by atoms with van der Waals surface area (Å²) in [5.74, 6) is 0. The van der Waals surface area contributed by atoms with Crippen molar-refractivity contribution in [2.45, 2.75) is 0 Å². The fourth-order valence-corrected chi connectivity index (χ4v) is 12.4. The van der Waals surface area contributed by atoms with Gasteiger partial charge in [0.2, 0.25) is 0 Å². The molecule has 0 atom stereocenters. The Balaban J connectivity index is 0.775. The molecule has 0 spiro atoms. The van der Waals surface area contributed by atoms with Crippen LogP contribution in [0.2, 0.25) is 0 Å². The van der Waals surface area contributed by atoms with Crippen molar-refractivity contribution in [3.05, 3.63) is 328 Å². The van der Waals surface area contributed by atoms with Crippen LogP contribution in [0.5, 0.6) is 0 Å². The van der Waals surface area contributed by atoms with E-state index in [-0.39, 0.29) is 0 Å². The lowest BCUT2D eigenvalue weighted by Crippen LogP contribution is -2.10. The second kappa shape index (κ2) is 22.3. The monoisotopic (exact) mass is 1130 g/mol. The Morgan fingerprint density at radius 3 is 1.09 bits per heavy atom. The molecule has 0 amide bonds. The van der Waals surface area contributed by atoms with E-state index in [4.69, 9.17) is 8.83 Å². The molecule has 0 saturated carbocycles. The average molecular weight is 1130 g/mol. The van der Waals surface area contributed by atoms with E-state index in [2.05, 4.69) is 311 Å². The highest BCUT2D eigenvalue weighted by molar-refractivity contribution is 6.06. The molecule has 414 valence electrons. The van der Waals surface area contributed by atoms with Gasteiger partial charge in [-0.15, -0.1) is 0 Å². The van der Waals surface area contributed by atoms with E-state index < -0.39 is 0 Å². The molecule has 0 saturated heterocycles. The van der Waals surface area contributed by atoms with E-state index >= 15 is 0 Å². The van der Waals surface area contributed by atoms with Crippen LogP contribution in [0.3, 0.4) is 0 Å². The summed E-state index contributed by atoms with van der Waals surface area (Å²) in [6.07, 6.45) is 5.43. The number of hydrogen-bond donors (Lipinski definition) is 0. The zero-order chi connectivity index (χ0) is 58.3. The van der Waals surface area contributed by atoms with Gasteiger partial charge in [0, 0.05) is 74.8 Å². The molecule has 0 fully saturated rings. The average Bonchev–Trinajstić information content (AvgIpc) is 2.27. The second-order valence-corrected chi connectivity index (χ2v) is 22.2. The summed E-state index contributed by atoms with van der Waals surface area (Å²) >= 11 is 0. The Morgan fingerprint density at radius 1 is 0.216 bits per heavy atom. The number of nitrogens with zero attached hydrogens (tertiary/aromatic N) is 4. The molecule has 16 rings (SSSR count). The molecule has 0 aliphatic carbocycles. The number of anilines is 6. The first-order valence-corrected chi connectivity index (χ1v) is 29.6. The normalized spacial score (nSPS) is 11.4. The lowest BCUT2D eigenvalue weighted by atomic mass is 9.94.